The number of rotatable bonds is 4. The Kier molecular flexibility index (Phi) is 3.27. The fourth-order valence-corrected chi connectivity index (χ4v) is 2.06. The first kappa shape index (κ1) is 11.2. The van der Waals surface area contributed by atoms with Crippen LogP contribution in [0.3, 0.4) is 0 Å². The molecule has 0 amide bonds. The molecule has 0 aliphatic rings. The second-order valence-electron chi connectivity index (χ2n) is 4.19. The molecular formula is C13H18N2O. The van der Waals surface area contributed by atoms with Crippen molar-refractivity contribution >= 4 is 10.9 Å². The van der Waals surface area contributed by atoms with Gasteiger partial charge < -0.3 is 15.0 Å². The van der Waals surface area contributed by atoms with Crippen molar-refractivity contribution in [1.82, 2.24) is 9.88 Å². The lowest BCUT2D eigenvalue weighted by molar-refractivity contribution is 0.155. The van der Waals surface area contributed by atoms with Crippen molar-refractivity contribution in [3.63, 3.8) is 0 Å². The molecule has 0 fully saturated rings. The summed E-state index contributed by atoms with van der Waals surface area (Å²) in [6.07, 6.45) is 1.69. The van der Waals surface area contributed by atoms with Crippen molar-refractivity contribution in [2.75, 3.05) is 13.6 Å². The van der Waals surface area contributed by atoms with Gasteiger partial charge >= 0.3 is 0 Å². The van der Waals surface area contributed by atoms with Crippen LogP contribution < -0.4 is 5.32 Å². The van der Waals surface area contributed by atoms with Crippen LogP contribution in [-0.2, 0) is 6.54 Å². The monoisotopic (exact) mass is 218 g/mol. The van der Waals surface area contributed by atoms with Gasteiger partial charge in [0, 0.05) is 30.2 Å². The van der Waals surface area contributed by atoms with Gasteiger partial charge in [0.25, 0.3) is 0 Å². The van der Waals surface area contributed by atoms with Crippen molar-refractivity contribution in [1.29, 1.82) is 0 Å². The fraction of sp³-hybridized carbons (Fsp3) is 0.385. The molecule has 0 aliphatic heterocycles. The number of fused-ring (bicyclic) bond motifs is 1. The molecule has 1 heterocycles. The van der Waals surface area contributed by atoms with Crippen LogP contribution in [0.2, 0.25) is 0 Å². The van der Waals surface area contributed by atoms with E-state index in [1.807, 2.05) is 13.2 Å². The van der Waals surface area contributed by atoms with E-state index < -0.39 is 0 Å². The third kappa shape index (κ3) is 2.10. The summed E-state index contributed by atoms with van der Waals surface area (Å²) < 4.78 is 2.10. The molecule has 2 N–H and O–H groups in total. The number of nitrogens with zero attached hydrogens (tertiary/aromatic N) is 1. The molecule has 1 unspecified atom stereocenters. The van der Waals surface area contributed by atoms with Crippen molar-refractivity contribution < 1.29 is 5.11 Å². The number of aliphatic hydroxyl groups is 1. The summed E-state index contributed by atoms with van der Waals surface area (Å²) in [6, 6.07) is 8.36. The molecule has 1 aromatic heterocycles. The number of aryl methyl sites for hydroxylation is 1. The Morgan fingerprint density at radius 2 is 2.19 bits per heavy atom. The zero-order chi connectivity index (χ0) is 11.5. The number of likely N-dealkylation sites (N-methyl/N-ethyl adjacent to an activating group) is 1. The van der Waals surface area contributed by atoms with Crippen molar-refractivity contribution in [2.24, 2.45) is 0 Å². The lowest BCUT2D eigenvalue weighted by Crippen LogP contribution is -2.27. The molecule has 0 saturated carbocycles. The number of nitrogens with one attached hydrogen (secondary N) is 1. The summed E-state index contributed by atoms with van der Waals surface area (Å²) in [6.45, 7) is 3.36. The quantitative estimate of drug-likeness (QED) is 0.816. The topological polar surface area (TPSA) is 37.2 Å². The van der Waals surface area contributed by atoms with E-state index in [1.165, 1.54) is 16.5 Å². The van der Waals surface area contributed by atoms with E-state index in [1.54, 1.807) is 0 Å². The zero-order valence-corrected chi connectivity index (χ0v) is 9.77. The molecule has 0 radical (unpaired) electrons. The highest BCUT2D eigenvalue weighted by Crippen LogP contribution is 2.19. The van der Waals surface area contributed by atoms with E-state index in [-0.39, 0.29) is 6.10 Å². The van der Waals surface area contributed by atoms with E-state index in [0.29, 0.717) is 13.1 Å². The highest BCUT2D eigenvalue weighted by molar-refractivity contribution is 5.83. The van der Waals surface area contributed by atoms with Gasteiger partial charge in [-0.25, -0.2) is 0 Å². The Bertz CT molecular complexity index is 476. The van der Waals surface area contributed by atoms with Gasteiger partial charge in [0.05, 0.1) is 6.10 Å². The summed E-state index contributed by atoms with van der Waals surface area (Å²) in [5.74, 6) is 0. The summed E-state index contributed by atoms with van der Waals surface area (Å²) in [4.78, 5) is 0. The number of aliphatic hydroxyl groups excluding tert-OH is 1. The second-order valence-corrected chi connectivity index (χ2v) is 4.19. The molecular weight excluding hydrogens is 200 g/mol. The van der Waals surface area contributed by atoms with Gasteiger partial charge in [0.2, 0.25) is 0 Å². The average molecular weight is 218 g/mol. The van der Waals surface area contributed by atoms with E-state index >= 15 is 0 Å². The SMILES string of the molecule is CNCC(O)Cn1ccc2c(C)cccc21. The van der Waals surface area contributed by atoms with Crippen molar-refractivity contribution in [2.45, 2.75) is 19.6 Å². The highest BCUT2D eigenvalue weighted by Gasteiger charge is 2.07. The summed E-state index contributed by atoms with van der Waals surface area (Å²) in [5.41, 5.74) is 2.47. The van der Waals surface area contributed by atoms with E-state index in [4.69, 9.17) is 0 Å². The van der Waals surface area contributed by atoms with Crippen LogP contribution in [0.15, 0.2) is 30.5 Å². The fourth-order valence-electron chi connectivity index (χ4n) is 2.06. The maximum atomic E-state index is 9.77. The molecule has 0 aliphatic carbocycles. The smallest absolute Gasteiger partial charge is 0.0843 e. The lowest BCUT2D eigenvalue weighted by Gasteiger charge is -2.12. The van der Waals surface area contributed by atoms with Gasteiger partial charge in [-0.15, -0.1) is 0 Å². The lowest BCUT2D eigenvalue weighted by atomic mass is 10.1. The maximum Gasteiger partial charge on any atom is 0.0843 e. The van der Waals surface area contributed by atoms with Crippen LogP contribution in [0.25, 0.3) is 10.9 Å². The molecule has 3 nitrogen and oxygen atoms in total. The molecule has 0 saturated heterocycles. The minimum Gasteiger partial charge on any atom is -0.390 e. The Hall–Kier alpha value is -1.32. The van der Waals surface area contributed by atoms with Crippen LogP contribution in [0, 0.1) is 6.92 Å². The third-order valence-corrected chi connectivity index (χ3v) is 2.88. The number of hydrogen-bond acceptors (Lipinski definition) is 2. The van der Waals surface area contributed by atoms with Crippen molar-refractivity contribution in [3.05, 3.63) is 36.0 Å². The predicted molar refractivity (Wildman–Crippen MR) is 66.6 cm³/mol. The molecule has 2 rings (SSSR count). The van der Waals surface area contributed by atoms with Crippen molar-refractivity contribution in [3.8, 4) is 0 Å². The number of benzene rings is 1. The van der Waals surface area contributed by atoms with Gasteiger partial charge in [-0.2, -0.15) is 0 Å². The first-order chi connectivity index (χ1) is 7.72. The van der Waals surface area contributed by atoms with Gasteiger partial charge in [0.1, 0.15) is 0 Å². The molecule has 16 heavy (non-hydrogen) atoms. The van der Waals surface area contributed by atoms with E-state index in [2.05, 4.69) is 41.1 Å². The summed E-state index contributed by atoms with van der Waals surface area (Å²) in [5, 5.41) is 14.0. The Labute approximate surface area is 95.7 Å². The largest absolute Gasteiger partial charge is 0.390 e. The zero-order valence-electron chi connectivity index (χ0n) is 9.77. The van der Waals surface area contributed by atoms with E-state index in [9.17, 15) is 5.11 Å². The van der Waals surface area contributed by atoms with Crippen LogP contribution in [0.1, 0.15) is 5.56 Å². The molecule has 0 bridgehead atoms. The van der Waals surface area contributed by atoms with Crippen LogP contribution >= 0.6 is 0 Å². The Morgan fingerprint density at radius 3 is 2.94 bits per heavy atom. The minimum atomic E-state index is -0.346. The highest BCUT2D eigenvalue weighted by atomic mass is 16.3. The molecule has 86 valence electrons. The normalized spacial score (nSPS) is 13.2. The minimum absolute atomic E-state index is 0.346. The van der Waals surface area contributed by atoms with Gasteiger partial charge in [0.15, 0.2) is 0 Å². The average Bonchev–Trinajstić information content (AvgIpc) is 2.64. The third-order valence-electron chi connectivity index (χ3n) is 2.88. The number of hydrogen-bond donors (Lipinski definition) is 2. The van der Waals surface area contributed by atoms with Crippen LogP contribution in [0.4, 0.5) is 0 Å². The van der Waals surface area contributed by atoms with Crippen LogP contribution in [-0.4, -0.2) is 29.4 Å². The second kappa shape index (κ2) is 4.68. The standard InChI is InChI=1S/C13H18N2O/c1-10-4-3-5-13-12(10)6-7-15(13)9-11(16)8-14-2/h3-7,11,14,16H,8-9H2,1-2H3. The first-order valence-corrected chi connectivity index (χ1v) is 5.59. The Balaban J connectivity index is 2.28. The van der Waals surface area contributed by atoms with Gasteiger partial charge in [-0.05, 0) is 31.7 Å². The summed E-state index contributed by atoms with van der Waals surface area (Å²) >= 11 is 0. The van der Waals surface area contributed by atoms with Gasteiger partial charge in [-0.3, -0.25) is 0 Å². The molecule has 2 aromatic rings. The molecule has 1 aromatic carbocycles. The molecule has 1 atom stereocenters. The predicted octanol–water partition coefficient (Wildman–Crippen LogP) is 1.53. The molecule has 0 spiro atoms. The summed E-state index contributed by atoms with van der Waals surface area (Å²) in [7, 11) is 1.85. The van der Waals surface area contributed by atoms with E-state index in [0.717, 1.165) is 0 Å². The maximum absolute atomic E-state index is 9.77. The van der Waals surface area contributed by atoms with Gasteiger partial charge in [-0.1, -0.05) is 12.1 Å². The van der Waals surface area contributed by atoms with Crippen LogP contribution in [0.5, 0.6) is 0 Å². The number of aromatic nitrogens is 1. The first-order valence-electron chi connectivity index (χ1n) is 5.59. The Morgan fingerprint density at radius 1 is 1.38 bits per heavy atom. The molecule has 3 heteroatoms.